The van der Waals surface area contributed by atoms with E-state index in [-0.39, 0.29) is 23.8 Å². The molecule has 1 amide bonds. The summed E-state index contributed by atoms with van der Waals surface area (Å²) in [7, 11) is -0.890. The number of anilines is 2. The second kappa shape index (κ2) is 9.77. The number of aromatic nitrogens is 1. The minimum Gasteiger partial charge on any atom is -0.493 e. The Morgan fingerprint density at radius 1 is 1.13 bits per heavy atom. The number of hydrogen-bond donors (Lipinski definition) is 2. The summed E-state index contributed by atoms with van der Waals surface area (Å²) in [6.07, 6.45) is 3.88. The lowest BCUT2D eigenvalue weighted by Gasteiger charge is -2.20. The van der Waals surface area contributed by atoms with E-state index in [1.807, 2.05) is 0 Å². The fourth-order valence-corrected chi connectivity index (χ4v) is 4.30. The molecule has 0 aliphatic carbocycles. The first-order valence-corrected chi connectivity index (χ1v) is 11.1. The quantitative estimate of drug-likeness (QED) is 0.621. The smallest absolute Gasteiger partial charge is 0.240 e. The van der Waals surface area contributed by atoms with Crippen LogP contribution >= 0.6 is 0 Å². The molecular formula is C20H26N4O5S. The van der Waals surface area contributed by atoms with E-state index in [2.05, 4.69) is 19.9 Å². The average molecular weight is 435 g/mol. The van der Waals surface area contributed by atoms with Crippen molar-refractivity contribution >= 4 is 27.4 Å². The number of amides is 1. The monoisotopic (exact) mass is 434 g/mol. The number of rotatable bonds is 9. The molecule has 0 atom stereocenters. The molecule has 9 nitrogen and oxygen atoms in total. The second-order valence-corrected chi connectivity index (χ2v) is 8.55. The third-order valence-electron chi connectivity index (χ3n) is 4.78. The summed E-state index contributed by atoms with van der Waals surface area (Å²) in [5, 5.41) is 2.83. The number of sulfonamides is 1. The second-order valence-electron chi connectivity index (χ2n) is 6.78. The Labute approximate surface area is 176 Å². The molecule has 1 aliphatic rings. The first kappa shape index (κ1) is 21.8. The van der Waals surface area contributed by atoms with Crippen LogP contribution in [0.25, 0.3) is 0 Å². The van der Waals surface area contributed by atoms with E-state index in [0.29, 0.717) is 17.2 Å². The van der Waals surface area contributed by atoms with Crippen LogP contribution in [-0.2, 0) is 14.8 Å². The Morgan fingerprint density at radius 3 is 2.57 bits per heavy atom. The number of carbonyl (C=O) groups is 1. The van der Waals surface area contributed by atoms with E-state index >= 15 is 0 Å². The SMILES string of the molecule is COc1ccc(S(=O)(=O)NCCC(=O)Nc2cccnc2N2CCCC2)cc1OC. The number of nitrogens with one attached hydrogen (secondary N) is 2. The largest absolute Gasteiger partial charge is 0.493 e. The normalized spacial score (nSPS) is 13.9. The minimum absolute atomic E-state index is 0.0130. The summed E-state index contributed by atoms with van der Waals surface area (Å²) in [6.45, 7) is 1.78. The molecule has 0 spiro atoms. The molecule has 10 heteroatoms. The average Bonchev–Trinajstić information content (AvgIpc) is 3.28. The van der Waals surface area contributed by atoms with Gasteiger partial charge in [0.15, 0.2) is 17.3 Å². The molecule has 1 aromatic heterocycles. The van der Waals surface area contributed by atoms with Gasteiger partial charge in [-0.05, 0) is 37.1 Å². The molecule has 3 rings (SSSR count). The molecule has 0 saturated carbocycles. The Hall–Kier alpha value is -2.85. The number of nitrogens with zero attached hydrogens (tertiary/aromatic N) is 2. The van der Waals surface area contributed by atoms with E-state index in [0.717, 1.165) is 31.7 Å². The van der Waals surface area contributed by atoms with Crippen molar-refractivity contribution in [2.45, 2.75) is 24.2 Å². The van der Waals surface area contributed by atoms with Crippen LogP contribution in [0.15, 0.2) is 41.4 Å². The molecule has 0 radical (unpaired) electrons. The highest BCUT2D eigenvalue weighted by Gasteiger charge is 2.19. The van der Waals surface area contributed by atoms with Gasteiger partial charge in [0.1, 0.15) is 0 Å². The molecular weight excluding hydrogens is 408 g/mol. The fourth-order valence-electron chi connectivity index (χ4n) is 3.25. The lowest BCUT2D eigenvalue weighted by molar-refractivity contribution is -0.116. The standard InChI is InChI=1S/C20H26N4O5S/c1-28-17-8-7-15(14-18(17)29-2)30(26,27)22-11-9-19(25)23-16-6-5-10-21-20(16)24-12-3-4-13-24/h5-8,10,14,22H,3-4,9,11-13H2,1-2H3,(H,23,25). The van der Waals surface area contributed by atoms with Gasteiger partial charge in [-0.15, -0.1) is 0 Å². The van der Waals surface area contributed by atoms with Gasteiger partial charge in [0.2, 0.25) is 15.9 Å². The van der Waals surface area contributed by atoms with Crippen LogP contribution in [0.2, 0.25) is 0 Å². The molecule has 1 aliphatic heterocycles. The van der Waals surface area contributed by atoms with Crippen molar-refractivity contribution in [2.75, 3.05) is 44.1 Å². The van der Waals surface area contributed by atoms with Crippen LogP contribution in [0.5, 0.6) is 11.5 Å². The highest BCUT2D eigenvalue weighted by molar-refractivity contribution is 7.89. The van der Waals surface area contributed by atoms with Gasteiger partial charge < -0.3 is 19.7 Å². The number of ether oxygens (including phenoxy) is 2. The Morgan fingerprint density at radius 2 is 1.87 bits per heavy atom. The molecule has 1 aromatic carbocycles. The maximum Gasteiger partial charge on any atom is 0.240 e. The summed E-state index contributed by atoms with van der Waals surface area (Å²) < 4.78 is 37.7. The van der Waals surface area contributed by atoms with Gasteiger partial charge in [-0.3, -0.25) is 4.79 Å². The van der Waals surface area contributed by atoms with Crippen LogP contribution in [0.4, 0.5) is 11.5 Å². The molecule has 0 unspecified atom stereocenters. The maximum atomic E-state index is 12.5. The zero-order valence-corrected chi connectivity index (χ0v) is 17.9. The van der Waals surface area contributed by atoms with Crippen molar-refractivity contribution in [3.05, 3.63) is 36.5 Å². The van der Waals surface area contributed by atoms with Crippen molar-refractivity contribution in [1.82, 2.24) is 9.71 Å². The van der Waals surface area contributed by atoms with Crippen LogP contribution in [0, 0.1) is 0 Å². The Kier molecular flexibility index (Phi) is 7.11. The van der Waals surface area contributed by atoms with E-state index < -0.39 is 10.0 Å². The van der Waals surface area contributed by atoms with Crippen LogP contribution in [0.3, 0.4) is 0 Å². The Balaban J connectivity index is 1.58. The molecule has 1 saturated heterocycles. The van der Waals surface area contributed by atoms with Crippen LogP contribution in [0.1, 0.15) is 19.3 Å². The number of carbonyl (C=O) groups excluding carboxylic acids is 1. The highest BCUT2D eigenvalue weighted by Crippen LogP contribution is 2.29. The molecule has 1 fully saturated rings. The predicted octanol–water partition coefficient (Wildman–Crippen LogP) is 2.01. The van der Waals surface area contributed by atoms with Gasteiger partial charge >= 0.3 is 0 Å². The number of pyridine rings is 1. The van der Waals surface area contributed by atoms with Gasteiger partial charge in [0, 0.05) is 38.3 Å². The van der Waals surface area contributed by atoms with E-state index in [1.54, 1.807) is 18.3 Å². The van der Waals surface area contributed by atoms with Crippen molar-refractivity contribution in [1.29, 1.82) is 0 Å². The van der Waals surface area contributed by atoms with Crippen molar-refractivity contribution in [3.8, 4) is 11.5 Å². The summed E-state index contributed by atoms with van der Waals surface area (Å²) in [5.74, 6) is 1.19. The summed E-state index contributed by atoms with van der Waals surface area (Å²) >= 11 is 0. The van der Waals surface area contributed by atoms with Crippen LogP contribution in [-0.4, -0.2) is 53.2 Å². The number of methoxy groups -OCH3 is 2. The zero-order chi connectivity index (χ0) is 21.6. The van der Waals surface area contributed by atoms with Gasteiger partial charge in [-0.2, -0.15) is 0 Å². The first-order chi connectivity index (χ1) is 14.4. The molecule has 2 heterocycles. The lowest BCUT2D eigenvalue weighted by atomic mass is 10.3. The minimum atomic E-state index is -3.79. The van der Waals surface area contributed by atoms with Crippen molar-refractivity contribution in [3.63, 3.8) is 0 Å². The third-order valence-corrected chi connectivity index (χ3v) is 6.23. The molecule has 2 N–H and O–H groups in total. The van der Waals surface area contributed by atoms with Gasteiger partial charge in [-0.25, -0.2) is 18.1 Å². The van der Waals surface area contributed by atoms with E-state index in [9.17, 15) is 13.2 Å². The van der Waals surface area contributed by atoms with Crippen LogP contribution < -0.4 is 24.4 Å². The van der Waals surface area contributed by atoms with E-state index in [1.165, 1.54) is 32.4 Å². The summed E-state index contributed by atoms with van der Waals surface area (Å²) in [6, 6.07) is 7.87. The first-order valence-electron chi connectivity index (χ1n) is 9.66. The molecule has 2 aromatic rings. The zero-order valence-electron chi connectivity index (χ0n) is 17.1. The molecule has 30 heavy (non-hydrogen) atoms. The summed E-state index contributed by atoms with van der Waals surface area (Å²) in [4.78, 5) is 18.9. The van der Waals surface area contributed by atoms with Crippen molar-refractivity contribution < 1.29 is 22.7 Å². The topological polar surface area (TPSA) is 110 Å². The maximum absolute atomic E-state index is 12.5. The number of benzene rings is 1. The lowest BCUT2D eigenvalue weighted by Crippen LogP contribution is -2.28. The third kappa shape index (κ3) is 5.19. The van der Waals surface area contributed by atoms with E-state index in [4.69, 9.17) is 9.47 Å². The van der Waals surface area contributed by atoms with Gasteiger partial charge in [0.25, 0.3) is 0 Å². The molecule has 0 bridgehead atoms. The highest BCUT2D eigenvalue weighted by atomic mass is 32.2. The van der Waals surface area contributed by atoms with Crippen molar-refractivity contribution in [2.24, 2.45) is 0 Å². The molecule has 162 valence electrons. The Bertz CT molecular complexity index is 990. The number of hydrogen-bond acceptors (Lipinski definition) is 7. The fraction of sp³-hybridized carbons (Fsp3) is 0.400. The van der Waals surface area contributed by atoms with Gasteiger partial charge in [-0.1, -0.05) is 0 Å². The predicted molar refractivity (Wildman–Crippen MR) is 114 cm³/mol. The summed E-state index contributed by atoms with van der Waals surface area (Å²) in [5.41, 5.74) is 0.632. The van der Waals surface area contributed by atoms with Gasteiger partial charge in [0.05, 0.1) is 24.8 Å².